The molecule has 72 valence electrons. The van der Waals surface area contributed by atoms with Crippen LogP contribution in [-0.4, -0.2) is 6.10 Å². The van der Waals surface area contributed by atoms with Crippen molar-refractivity contribution in [1.29, 1.82) is 0 Å². The predicted octanol–water partition coefficient (Wildman–Crippen LogP) is 3.06. The van der Waals surface area contributed by atoms with Gasteiger partial charge in [0.2, 0.25) is 0 Å². The molecule has 1 aromatic carbocycles. The lowest BCUT2D eigenvalue weighted by molar-refractivity contribution is 0.240. The van der Waals surface area contributed by atoms with Crippen LogP contribution in [-0.2, 0) is 0 Å². The Labute approximate surface area is 76.3 Å². The first kappa shape index (κ1) is 9.96. The highest BCUT2D eigenvalue weighted by Gasteiger charge is 2.08. The molecule has 1 rings (SSSR count). The van der Waals surface area contributed by atoms with Gasteiger partial charge in [-0.05, 0) is 20.8 Å². The van der Waals surface area contributed by atoms with Gasteiger partial charge in [0.25, 0.3) is 0 Å². The van der Waals surface area contributed by atoms with Crippen molar-refractivity contribution in [2.75, 3.05) is 0 Å². The summed E-state index contributed by atoms with van der Waals surface area (Å²) >= 11 is 0. The highest BCUT2D eigenvalue weighted by atomic mass is 19.1. The molecule has 0 unspecified atom stereocenters. The topological polar surface area (TPSA) is 9.23 Å². The Bertz CT molecular complexity index is 285. The SMILES string of the molecule is Cc1c(F)cc(OC(C)C)cc1F. The van der Waals surface area contributed by atoms with E-state index in [1.165, 1.54) is 19.1 Å². The summed E-state index contributed by atoms with van der Waals surface area (Å²) in [5.41, 5.74) is 0.0242. The van der Waals surface area contributed by atoms with E-state index < -0.39 is 11.6 Å². The molecule has 0 aliphatic carbocycles. The monoisotopic (exact) mass is 186 g/mol. The summed E-state index contributed by atoms with van der Waals surface area (Å²) in [5.74, 6) is -0.915. The molecule has 0 aromatic heterocycles. The van der Waals surface area contributed by atoms with E-state index in [9.17, 15) is 8.78 Å². The van der Waals surface area contributed by atoms with Crippen molar-refractivity contribution in [2.24, 2.45) is 0 Å². The van der Waals surface area contributed by atoms with Crippen molar-refractivity contribution in [2.45, 2.75) is 26.9 Å². The van der Waals surface area contributed by atoms with Gasteiger partial charge in [0.15, 0.2) is 0 Å². The first-order valence-corrected chi connectivity index (χ1v) is 4.13. The largest absolute Gasteiger partial charge is 0.491 e. The van der Waals surface area contributed by atoms with Crippen LogP contribution in [0.25, 0.3) is 0 Å². The number of hydrogen-bond donors (Lipinski definition) is 0. The number of benzene rings is 1. The molecule has 1 nitrogen and oxygen atoms in total. The van der Waals surface area contributed by atoms with Crippen molar-refractivity contribution in [1.82, 2.24) is 0 Å². The Morgan fingerprint density at radius 3 is 2.00 bits per heavy atom. The first-order valence-electron chi connectivity index (χ1n) is 4.13. The fourth-order valence-electron chi connectivity index (χ4n) is 0.962. The quantitative estimate of drug-likeness (QED) is 0.689. The van der Waals surface area contributed by atoms with Crippen LogP contribution in [0.15, 0.2) is 12.1 Å². The van der Waals surface area contributed by atoms with E-state index in [-0.39, 0.29) is 17.4 Å². The fraction of sp³-hybridized carbons (Fsp3) is 0.400. The van der Waals surface area contributed by atoms with Gasteiger partial charge in [-0.1, -0.05) is 0 Å². The number of hydrogen-bond acceptors (Lipinski definition) is 1. The summed E-state index contributed by atoms with van der Waals surface area (Å²) in [6, 6.07) is 2.39. The van der Waals surface area contributed by atoms with Crippen molar-refractivity contribution >= 4 is 0 Å². The minimum atomic E-state index is -0.573. The average Bonchev–Trinajstić information content (AvgIpc) is 1.98. The molecule has 0 atom stereocenters. The van der Waals surface area contributed by atoms with Gasteiger partial charge in [-0.3, -0.25) is 0 Å². The lowest BCUT2D eigenvalue weighted by Gasteiger charge is -2.10. The van der Waals surface area contributed by atoms with Crippen LogP contribution >= 0.6 is 0 Å². The second-order valence-electron chi connectivity index (χ2n) is 3.18. The van der Waals surface area contributed by atoms with E-state index in [4.69, 9.17) is 4.74 Å². The van der Waals surface area contributed by atoms with Gasteiger partial charge in [-0.2, -0.15) is 0 Å². The highest BCUT2D eigenvalue weighted by molar-refractivity contribution is 5.29. The van der Waals surface area contributed by atoms with E-state index >= 15 is 0 Å². The second kappa shape index (κ2) is 3.73. The van der Waals surface area contributed by atoms with Crippen LogP contribution in [0.4, 0.5) is 8.78 Å². The maximum atomic E-state index is 13.0. The Morgan fingerprint density at radius 1 is 1.15 bits per heavy atom. The molecule has 13 heavy (non-hydrogen) atoms. The van der Waals surface area contributed by atoms with Gasteiger partial charge in [-0.25, -0.2) is 8.78 Å². The lowest BCUT2D eigenvalue weighted by Crippen LogP contribution is -2.06. The first-order chi connectivity index (χ1) is 6.00. The third-order valence-corrected chi connectivity index (χ3v) is 1.63. The molecule has 0 radical (unpaired) electrons. The zero-order chi connectivity index (χ0) is 10.0. The standard InChI is InChI=1S/C10H12F2O/c1-6(2)13-8-4-9(11)7(3)10(12)5-8/h4-6H,1-3H3. The summed E-state index contributed by atoms with van der Waals surface area (Å²) in [7, 11) is 0. The van der Waals surface area contributed by atoms with Crippen LogP contribution in [0.2, 0.25) is 0 Å². The van der Waals surface area contributed by atoms with E-state index in [2.05, 4.69) is 0 Å². The van der Waals surface area contributed by atoms with Gasteiger partial charge >= 0.3 is 0 Å². The molecule has 0 aliphatic rings. The predicted molar refractivity (Wildman–Crippen MR) is 46.9 cm³/mol. The summed E-state index contributed by atoms with van der Waals surface area (Å²) in [5, 5.41) is 0. The molecular formula is C10H12F2O. The van der Waals surface area contributed by atoms with E-state index in [0.29, 0.717) is 0 Å². The molecule has 0 aliphatic heterocycles. The molecule has 0 fully saturated rings. The molecule has 0 spiro atoms. The van der Waals surface area contributed by atoms with Crippen molar-refractivity contribution < 1.29 is 13.5 Å². The summed E-state index contributed by atoms with van der Waals surface area (Å²) in [6.45, 7) is 5.00. The lowest BCUT2D eigenvalue weighted by atomic mass is 10.2. The molecule has 1 aromatic rings. The Hall–Kier alpha value is -1.12. The molecule has 3 heteroatoms. The number of halogens is 2. The van der Waals surface area contributed by atoms with Gasteiger partial charge in [0, 0.05) is 17.7 Å². The van der Waals surface area contributed by atoms with E-state index in [1.54, 1.807) is 13.8 Å². The molecule has 0 bridgehead atoms. The smallest absolute Gasteiger partial charge is 0.132 e. The van der Waals surface area contributed by atoms with Crippen LogP contribution < -0.4 is 4.74 Å². The minimum Gasteiger partial charge on any atom is -0.491 e. The van der Waals surface area contributed by atoms with Gasteiger partial charge < -0.3 is 4.74 Å². The van der Waals surface area contributed by atoms with Gasteiger partial charge in [0.05, 0.1) is 6.10 Å². The Balaban J connectivity index is 2.99. The van der Waals surface area contributed by atoms with Crippen molar-refractivity contribution in [3.8, 4) is 5.75 Å². The van der Waals surface area contributed by atoms with Crippen LogP contribution in [0.3, 0.4) is 0 Å². The Morgan fingerprint density at radius 2 is 1.62 bits per heavy atom. The zero-order valence-electron chi connectivity index (χ0n) is 7.90. The molecule has 0 amide bonds. The maximum absolute atomic E-state index is 13.0. The van der Waals surface area contributed by atoms with Crippen molar-refractivity contribution in [3.05, 3.63) is 29.3 Å². The molecule has 0 N–H and O–H groups in total. The van der Waals surface area contributed by atoms with E-state index in [0.717, 1.165) is 0 Å². The second-order valence-corrected chi connectivity index (χ2v) is 3.18. The normalized spacial score (nSPS) is 10.6. The van der Waals surface area contributed by atoms with Gasteiger partial charge in [0.1, 0.15) is 17.4 Å². The summed E-state index contributed by atoms with van der Waals surface area (Å²) in [6.07, 6.45) is -0.0819. The number of rotatable bonds is 2. The van der Waals surface area contributed by atoms with Crippen LogP contribution in [0.5, 0.6) is 5.75 Å². The molecular weight excluding hydrogens is 174 g/mol. The third kappa shape index (κ3) is 2.41. The zero-order valence-corrected chi connectivity index (χ0v) is 7.90. The fourth-order valence-corrected chi connectivity index (χ4v) is 0.962. The highest BCUT2D eigenvalue weighted by Crippen LogP contribution is 2.20. The van der Waals surface area contributed by atoms with Crippen molar-refractivity contribution in [3.63, 3.8) is 0 Å². The molecule has 0 heterocycles. The van der Waals surface area contributed by atoms with Gasteiger partial charge in [-0.15, -0.1) is 0 Å². The summed E-state index contributed by atoms with van der Waals surface area (Å²) in [4.78, 5) is 0. The van der Waals surface area contributed by atoms with Crippen LogP contribution in [0.1, 0.15) is 19.4 Å². The minimum absolute atomic E-state index is 0.0242. The average molecular weight is 186 g/mol. The summed E-state index contributed by atoms with van der Waals surface area (Å²) < 4.78 is 31.1. The molecule has 0 saturated carbocycles. The Kier molecular flexibility index (Phi) is 2.86. The number of ether oxygens (including phenoxy) is 1. The van der Waals surface area contributed by atoms with Crippen LogP contribution in [0, 0.1) is 18.6 Å². The maximum Gasteiger partial charge on any atom is 0.132 e. The molecule has 0 saturated heterocycles. The van der Waals surface area contributed by atoms with E-state index in [1.807, 2.05) is 0 Å². The third-order valence-electron chi connectivity index (χ3n) is 1.63.